The average Bonchev–Trinajstić information content (AvgIpc) is 3.79. The van der Waals surface area contributed by atoms with Crippen LogP contribution in [0.4, 0.5) is 13.2 Å². The van der Waals surface area contributed by atoms with Crippen molar-refractivity contribution < 1.29 is 36.9 Å². The number of pyridine rings is 3. The van der Waals surface area contributed by atoms with Crippen molar-refractivity contribution in [2.24, 2.45) is 0 Å². The van der Waals surface area contributed by atoms with Crippen molar-refractivity contribution in [1.82, 2.24) is 30.9 Å². The van der Waals surface area contributed by atoms with Crippen molar-refractivity contribution in [3.8, 4) is 40.2 Å². The number of hydrogen-bond acceptors (Lipinski definition) is 10. The first-order chi connectivity index (χ1) is 26.1. The number of nitrogens with zero attached hydrogens (tertiary/aromatic N) is 3. The molecule has 4 aromatic rings. The topological polar surface area (TPSA) is 129 Å². The Balaban J connectivity index is 1.11. The maximum absolute atomic E-state index is 14.5. The Morgan fingerprint density at radius 1 is 0.944 bits per heavy atom. The van der Waals surface area contributed by atoms with Crippen LogP contribution >= 0.6 is 11.6 Å². The molecule has 0 spiro atoms. The van der Waals surface area contributed by atoms with Crippen LogP contribution in [0.25, 0.3) is 22.5 Å². The first-order valence-electron chi connectivity index (χ1n) is 18.1. The quantitative estimate of drug-likeness (QED) is 0.137. The van der Waals surface area contributed by atoms with E-state index in [1.807, 2.05) is 36.4 Å². The van der Waals surface area contributed by atoms with Crippen molar-refractivity contribution in [2.45, 2.75) is 76.0 Å². The highest BCUT2D eigenvalue weighted by atomic mass is 35.5. The van der Waals surface area contributed by atoms with Crippen LogP contribution in [0.1, 0.15) is 66.0 Å². The molecule has 1 aromatic carbocycles. The number of rotatable bonds is 13. The third-order valence-corrected chi connectivity index (χ3v) is 10.4. The lowest BCUT2D eigenvalue weighted by molar-refractivity contribution is -0.139. The molecule has 1 amide bonds. The molecule has 0 saturated carbocycles. The fourth-order valence-electron chi connectivity index (χ4n) is 7.34. The van der Waals surface area contributed by atoms with Gasteiger partial charge >= 0.3 is 6.18 Å². The zero-order valence-electron chi connectivity index (χ0n) is 30.0. The molecule has 286 valence electrons. The second-order valence-electron chi connectivity index (χ2n) is 13.6. The Hall–Kier alpha value is -4.50. The largest absolute Gasteiger partial charge is 0.481 e. The lowest BCUT2D eigenvalue weighted by Crippen LogP contribution is -2.35. The zero-order chi connectivity index (χ0) is 37.8. The fourth-order valence-corrected chi connectivity index (χ4v) is 7.62. The van der Waals surface area contributed by atoms with Gasteiger partial charge < -0.3 is 34.9 Å². The molecule has 5 heterocycles. The van der Waals surface area contributed by atoms with Crippen molar-refractivity contribution in [1.29, 1.82) is 0 Å². The van der Waals surface area contributed by atoms with Crippen LogP contribution in [0.5, 0.6) is 17.6 Å². The van der Waals surface area contributed by atoms with Crippen LogP contribution < -0.4 is 30.2 Å². The van der Waals surface area contributed by atoms with Gasteiger partial charge in [0.1, 0.15) is 11.7 Å². The van der Waals surface area contributed by atoms with Gasteiger partial charge in [-0.25, -0.2) is 4.98 Å². The van der Waals surface area contributed by atoms with Crippen LogP contribution in [-0.2, 0) is 35.2 Å². The van der Waals surface area contributed by atoms with Crippen LogP contribution in [0.2, 0.25) is 5.02 Å². The van der Waals surface area contributed by atoms with Crippen LogP contribution in [0, 0.1) is 0 Å². The van der Waals surface area contributed by atoms with Gasteiger partial charge in [0.2, 0.25) is 23.5 Å². The summed E-state index contributed by atoms with van der Waals surface area (Å²) < 4.78 is 66.0. The molecule has 11 nitrogen and oxygen atoms in total. The van der Waals surface area contributed by atoms with E-state index in [0.29, 0.717) is 67.1 Å². The SMILES string of the molecule is COc1nc(O[C@@H]2CCc3c(-c4cc(-c5nc(OC)c(CNC6CCOCC6)cc5Cl)ccn4)cccc32)c(C(F)(F)F)cc1CNC[C@H]1CCC(=O)N1. The van der Waals surface area contributed by atoms with Crippen molar-refractivity contribution in [2.75, 3.05) is 34.0 Å². The number of carbonyl (C=O) groups is 1. The molecule has 2 fully saturated rings. The third kappa shape index (κ3) is 8.41. The summed E-state index contributed by atoms with van der Waals surface area (Å²) in [4.78, 5) is 25.2. The summed E-state index contributed by atoms with van der Waals surface area (Å²) in [6.45, 7) is 2.50. The zero-order valence-corrected chi connectivity index (χ0v) is 30.8. The van der Waals surface area contributed by atoms with Crippen molar-refractivity contribution >= 4 is 17.5 Å². The Morgan fingerprint density at radius 3 is 2.46 bits per heavy atom. The monoisotopic (exact) mass is 766 g/mol. The number of alkyl halides is 3. The van der Waals surface area contributed by atoms with Gasteiger partial charge in [-0.3, -0.25) is 9.78 Å². The molecule has 2 saturated heterocycles. The van der Waals surface area contributed by atoms with E-state index < -0.39 is 23.7 Å². The van der Waals surface area contributed by atoms with E-state index >= 15 is 0 Å². The molecule has 2 atom stereocenters. The highest BCUT2D eigenvalue weighted by Crippen LogP contribution is 2.44. The van der Waals surface area contributed by atoms with Crippen molar-refractivity contribution in [3.63, 3.8) is 0 Å². The Morgan fingerprint density at radius 2 is 1.72 bits per heavy atom. The molecule has 0 radical (unpaired) electrons. The van der Waals surface area contributed by atoms with Gasteiger partial charge in [-0.05, 0) is 67.5 Å². The molecule has 2 aliphatic heterocycles. The number of ether oxygens (including phenoxy) is 4. The van der Waals surface area contributed by atoms with Gasteiger partial charge in [-0.1, -0.05) is 29.8 Å². The maximum Gasteiger partial charge on any atom is 0.421 e. The van der Waals surface area contributed by atoms with Gasteiger partial charge in [-0.2, -0.15) is 18.2 Å². The smallest absolute Gasteiger partial charge is 0.421 e. The van der Waals surface area contributed by atoms with Gasteiger partial charge in [0.05, 0.1) is 30.6 Å². The van der Waals surface area contributed by atoms with Gasteiger partial charge in [0.25, 0.3) is 0 Å². The van der Waals surface area contributed by atoms with Gasteiger partial charge in [0, 0.05) is 79.8 Å². The van der Waals surface area contributed by atoms with E-state index in [9.17, 15) is 18.0 Å². The van der Waals surface area contributed by atoms with Gasteiger partial charge in [0.15, 0.2) is 0 Å². The lowest BCUT2D eigenvalue weighted by Gasteiger charge is -2.23. The number of aromatic nitrogens is 3. The second-order valence-corrected chi connectivity index (χ2v) is 14.1. The van der Waals surface area contributed by atoms with E-state index in [2.05, 4.69) is 25.9 Å². The Labute approximate surface area is 316 Å². The first kappa shape index (κ1) is 37.8. The number of methoxy groups -OCH3 is 2. The van der Waals surface area contributed by atoms with E-state index in [4.69, 9.17) is 35.5 Å². The summed E-state index contributed by atoms with van der Waals surface area (Å²) in [7, 11) is 2.94. The van der Waals surface area contributed by atoms with E-state index in [1.165, 1.54) is 7.11 Å². The number of fused-ring (bicyclic) bond motifs is 1. The summed E-state index contributed by atoms with van der Waals surface area (Å²) in [6, 6.07) is 12.5. The molecule has 0 unspecified atom stereocenters. The molecule has 1 aliphatic carbocycles. The number of carbonyl (C=O) groups excluding carboxylic acids is 1. The van der Waals surface area contributed by atoms with Crippen LogP contribution in [0.15, 0.2) is 48.7 Å². The predicted molar refractivity (Wildman–Crippen MR) is 195 cm³/mol. The fraction of sp³-hybridized carbons (Fsp3) is 0.436. The molecule has 7 rings (SSSR count). The summed E-state index contributed by atoms with van der Waals surface area (Å²) in [5.74, 6) is -0.0804. The number of amides is 1. The third-order valence-electron chi connectivity index (χ3n) is 10.1. The minimum Gasteiger partial charge on any atom is -0.481 e. The normalized spacial score (nSPS) is 18.7. The molecule has 3 aromatic heterocycles. The Kier molecular flexibility index (Phi) is 11.5. The first-order valence-corrected chi connectivity index (χ1v) is 18.4. The van der Waals surface area contributed by atoms with Gasteiger partial charge in [-0.15, -0.1) is 0 Å². The van der Waals surface area contributed by atoms with Crippen LogP contribution in [-0.4, -0.2) is 66.9 Å². The summed E-state index contributed by atoms with van der Waals surface area (Å²) in [5.41, 5.74) is 4.57. The number of nitrogens with one attached hydrogen (secondary N) is 3. The molecular formula is C39H42ClF3N6O5. The van der Waals surface area contributed by atoms with E-state index in [0.717, 1.165) is 59.9 Å². The standard InChI is InChI=1S/C39H42ClF3N6O5/c1-51-36-24(20-46-25-11-14-53-15-12-25)17-31(40)35(48-36)22-10-13-45-32(18-22)28-4-3-5-29-27(28)7-8-33(29)54-38-30(39(41,42)43)16-23(37(49-38)52-2)19-44-21-26-6-9-34(50)47-26/h3-5,10,13,16-18,25-26,33,44,46H,6-9,11-12,14-15,19-21H2,1-2H3,(H,47,50)/t26-,33-/m1/s1. The summed E-state index contributed by atoms with van der Waals surface area (Å²) in [5, 5.41) is 9.97. The van der Waals surface area contributed by atoms with Crippen molar-refractivity contribution in [3.05, 3.63) is 81.5 Å². The molecule has 54 heavy (non-hydrogen) atoms. The maximum atomic E-state index is 14.5. The minimum atomic E-state index is -4.73. The number of hydrogen-bond donors (Lipinski definition) is 3. The summed E-state index contributed by atoms with van der Waals surface area (Å²) in [6.07, 6.45) is 0.248. The van der Waals surface area contributed by atoms with Crippen LogP contribution in [0.3, 0.4) is 0 Å². The van der Waals surface area contributed by atoms with E-state index in [1.54, 1.807) is 13.3 Å². The average molecular weight is 767 g/mol. The molecule has 3 aliphatic rings. The minimum absolute atomic E-state index is 0.0291. The molecule has 0 bridgehead atoms. The molecule has 15 heteroatoms. The number of halogens is 4. The highest BCUT2D eigenvalue weighted by molar-refractivity contribution is 6.33. The second kappa shape index (κ2) is 16.5. The predicted octanol–water partition coefficient (Wildman–Crippen LogP) is 6.60. The lowest BCUT2D eigenvalue weighted by atomic mass is 9.98. The summed E-state index contributed by atoms with van der Waals surface area (Å²) >= 11 is 6.82. The molecule has 3 N–H and O–H groups in total. The van der Waals surface area contributed by atoms with E-state index in [-0.39, 0.29) is 29.9 Å². The number of benzene rings is 1. The molecular weight excluding hydrogens is 725 g/mol. The Bertz CT molecular complexity index is 1990. The highest BCUT2D eigenvalue weighted by Gasteiger charge is 2.39.